The molecule has 1 aliphatic heterocycles. The van der Waals surface area contributed by atoms with E-state index in [0.29, 0.717) is 5.88 Å². The van der Waals surface area contributed by atoms with Gasteiger partial charge in [0.05, 0.1) is 17.4 Å². The fraction of sp³-hybridized carbons (Fsp3) is 0.833. The number of rotatable bonds is 0. The van der Waals surface area contributed by atoms with Gasteiger partial charge in [-0.05, 0) is 13.8 Å². The molecule has 0 aliphatic carbocycles. The number of hydrogen-bond donors (Lipinski definition) is 1. The van der Waals surface area contributed by atoms with E-state index in [2.05, 4.69) is 5.32 Å². The van der Waals surface area contributed by atoms with E-state index in [0.717, 1.165) is 6.54 Å². The van der Waals surface area contributed by atoms with Crippen LogP contribution < -0.4 is 10.4 Å². The smallest absolute Gasteiger partial charge is 0.275 e. The number of carbonyl (C=O) groups is 1. The van der Waals surface area contributed by atoms with Crippen molar-refractivity contribution >= 4 is 16.2 Å². The molecule has 0 aromatic carbocycles. The SMILES string of the molecule is CC1(C)CNC[S+]1C(=O)[O-]. The minimum absolute atomic E-state index is 0.112. The topological polar surface area (TPSA) is 52.2 Å². The zero-order valence-corrected chi connectivity index (χ0v) is 6.96. The van der Waals surface area contributed by atoms with E-state index in [-0.39, 0.29) is 4.75 Å². The molecule has 0 spiro atoms. The lowest BCUT2D eigenvalue weighted by atomic mass is 10.2. The zero-order chi connectivity index (χ0) is 7.78. The molecule has 0 bridgehead atoms. The molecule has 1 saturated heterocycles. The Morgan fingerprint density at radius 2 is 2.30 bits per heavy atom. The Hall–Kier alpha value is -0.220. The van der Waals surface area contributed by atoms with Crippen molar-refractivity contribution in [3.63, 3.8) is 0 Å². The zero-order valence-electron chi connectivity index (χ0n) is 6.14. The van der Waals surface area contributed by atoms with Gasteiger partial charge in [-0.1, -0.05) is 0 Å². The molecule has 1 unspecified atom stereocenters. The minimum atomic E-state index is -0.907. The molecule has 0 saturated carbocycles. The summed E-state index contributed by atoms with van der Waals surface area (Å²) < 4.78 is -0.112. The van der Waals surface area contributed by atoms with Gasteiger partial charge >= 0.3 is 0 Å². The van der Waals surface area contributed by atoms with E-state index in [1.165, 1.54) is 0 Å². The lowest BCUT2D eigenvalue weighted by molar-refractivity contribution is -0.233. The van der Waals surface area contributed by atoms with Crippen molar-refractivity contribution in [2.24, 2.45) is 0 Å². The maximum Gasteiger partial charge on any atom is 0.275 e. The van der Waals surface area contributed by atoms with Crippen molar-refractivity contribution in [1.82, 2.24) is 5.32 Å². The highest BCUT2D eigenvalue weighted by atomic mass is 32.2. The second-order valence-corrected chi connectivity index (χ2v) is 5.48. The van der Waals surface area contributed by atoms with Gasteiger partial charge in [0.2, 0.25) is 0 Å². The van der Waals surface area contributed by atoms with Crippen molar-refractivity contribution in [3.8, 4) is 0 Å². The van der Waals surface area contributed by atoms with Gasteiger partial charge in [0.15, 0.2) is 5.88 Å². The van der Waals surface area contributed by atoms with Crippen LogP contribution in [0.5, 0.6) is 0 Å². The Morgan fingerprint density at radius 1 is 1.70 bits per heavy atom. The molecule has 0 aromatic heterocycles. The minimum Gasteiger partial charge on any atom is -0.504 e. The monoisotopic (exact) mass is 161 g/mol. The number of carboxylic acid groups (broad SMARTS) is 1. The summed E-state index contributed by atoms with van der Waals surface area (Å²) in [4.78, 5) is 10.5. The van der Waals surface area contributed by atoms with E-state index < -0.39 is 16.2 Å². The van der Waals surface area contributed by atoms with E-state index in [4.69, 9.17) is 0 Å². The van der Waals surface area contributed by atoms with Crippen LogP contribution in [0.3, 0.4) is 0 Å². The average molecular weight is 161 g/mol. The maximum atomic E-state index is 10.5. The van der Waals surface area contributed by atoms with Crippen molar-refractivity contribution < 1.29 is 9.90 Å². The predicted octanol–water partition coefficient (Wildman–Crippen LogP) is -0.713. The third kappa shape index (κ3) is 1.27. The van der Waals surface area contributed by atoms with Crippen LogP contribution in [0.1, 0.15) is 13.8 Å². The summed E-state index contributed by atoms with van der Waals surface area (Å²) in [6.07, 6.45) is 0. The first-order valence-corrected chi connectivity index (χ1v) is 4.56. The summed E-state index contributed by atoms with van der Waals surface area (Å²) in [5.41, 5.74) is 0. The highest BCUT2D eigenvalue weighted by Gasteiger charge is 2.45. The maximum absolute atomic E-state index is 10.5. The molecular weight excluding hydrogens is 150 g/mol. The quantitative estimate of drug-likeness (QED) is 0.477. The van der Waals surface area contributed by atoms with Gasteiger partial charge in [0.25, 0.3) is 5.30 Å². The van der Waals surface area contributed by atoms with Crippen LogP contribution in [0.2, 0.25) is 0 Å². The first-order valence-electron chi connectivity index (χ1n) is 3.17. The Morgan fingerprint density at radius 3 is 2.50 bits per heavy atom. The van der Waals surface area contributed by atoms with Crippen LogP contribution in [-0.4, -0.2) is 22.5 Å². The normalized spacial score (nSPS) is 30.4. The Balaban J connectivity index is 2.68. The fourth-order valence-electron chi connectivity index (χ4n) is 1.02. The molecule has 0 amide bonds. The summed E-state index contributed by atoms with van der Waals surface area (Å²) in [6.45, 7) is 4.68. The van der Waals surface area contributed by atoms with Crippen LogP contribution in [0, 0.1) is 0 Å². The number of hydrogen-bond acceptors (Lipinski definition) is 3. The molecule has 0 aromatic rings. The van der Waals surface area contributed by atoms with Crippen LogP contribution in [0.15, 0.2) is 0 Å². The van der Waals surface area contributed by atoms with Crippen molar-refractivity contribution in [2.45, 2.75) is 18.6 Å². The third-order valence-corrected chi connectivity index (χ3v) is 4.04. The van der Waals surface area contributed by atoms with Gasteiger partial charge in [0, 0.05) is 0 Å². The molecule has 0 radical (unpaired) electrons. The van der Waals surface area contributed by atoms with Gasteiger partial charge in [-0.3, -0.25) is 5.32 Å². The number of carbonyl (C=O) groups excluding carboxylic acids is 1. The van der Waals surface area contributed by atoms with Gasteiger partial charge in [-0.15, -0.1) is 0 Å². The summed E-state index contributed by atoms with van der Waals surface area (Å²) in [7, 11) is -0.595. The molecule has 58 valence electrons. The second kappa shape index (κ2) is 2.43. The van der Waals surface area contributed by atoms with Gasteiger partial charge in [-0.2, -0.15) is 0 Å². The molecule has 10 heavy (non-hydrogen) atoms. The molecule has 3 nitrogen and oxygen atoms in total. The van der Waals surface area contributed by atoms with Crippen molar-refractivity contribution in [2.75, 3.05) is 12.4 Å². The third-order valence-electron chi connectivity index (χ3n) is 1.67. The van der Waals surface area contributed by atoms with E-state index in [1.807, 2.05) is 13.8 Å². The van der Waals surface area contributed by atoms with Crippen molar-refractivity contribution in [1.29, 1.82) is 0 Å². The summed E-state index contributed by atoms with van der Waals surface area (Å²) >= 11 is 0. The average Bonchev–Trinajstić information content (AvgIpc) is 2.08. The molecule has 1 N–H and O–H groups in total. The lowest BCUT2D eigenvalue weighted by Crippen LogP contribution is -2.42. The second-order valence-electron chi connectivity index (χ2n) is 2.97. The highest BCUT2D eigenvalue weighted by molar-refractivity contribution is 8.11. The molecule has 1 rings (SSSR count). The molecule has 1 atom stereocenters. The van der Waals surface area contributed by atoms with Crippen LogP contribution in [-0.2, 0) is 10.9 Å². The first-order chi connectivity index (χ1) is 4.54. The van der Waals surface area contributed by atoms with Crippen LogP contribution in [0.4, 0.5) is 4.79 Å². The van der Waals surface area contributed by atoms with E-state index in [1.54, 1.807) is 0 Å². The van der Waals surface area contributed by atoms with E-state index in [9.17, 15) is 9.90 Å². The van der Waals surface area contributed by atoms with Gasteiger partial charge < -0.3 is 9.90 Å². The highest BCUT2D eigenvalue weighted by Crippen LogP contribution is 2.22. The predicted molar refractivity (Wildman–Crippen MR) is 39.7 cm³/mol. The van der Waals surface area contributed by atoms with Crippen molar-refractivity contribution in [3.05, 3.63) is 0 Å². The number of nitrogens with one attached hydrogen (secondary N) is 1. The Kier molecular flexibility index (Phi) is 1.92. The standard InChI is InChI=1S/C6H11NO2S/c1-6(2)3-7-4-10(6)5(8)9/h7H,3-4H2,1-2H3. The molecule has 1 fully saturated rings. The summed E-state index contributed by atoms with van der Waals surface area (Å²) in [5.74, 6) is 0.579. The fourth-order valence-corrected chi connectivity index (χ4v) is 2.56. The lowest BCUT2D eigenvalue weighted by Gasteiger charge is -2.15. The summed E-state index contributed by atoms with van der Waals surface area (Å²) in [5, 5.41) is 12.6. The molecular formula is C6H11NO2S. The molecule has 1 aliphatic rings. The van der Waals surface area contributed by atoms with Gasteiger partial charge in [-0.25, -0.2) is 0 Å². The Bertz CT molecular complexity index is 158. The largest absolute Gasteiger partial charge is 0.504 e. The van der Waals surface area contributed by atoms with Crippen LogP contribution in [0.25, 0.3) is 0 Å². The van der Waals surface area contributed by atoms with Gasteiger partial charge in [0.1, 0.15) is 4.75 Å². The van der Waals surface area contributed by atoms with E-state index >= 15 is 0 Å². The molecule has 1 heterocycles. The first kappa shape index (κ1) is 7.88. The molecule has 4 heteroatoms. The summed E-state index contributed by atoms with van der Waals surface area (Å²) in [6, 6.07) is 0. The Labute approximate surface area is 63.2 Å². The van der Waals surface area contributed by atoms with Crippen LogP contribution >= 0.6 is 0 Å².